The lowest BCUT2D eigenvalue weighted by atomic mass is 10.2. The third-order valence-electron chi connectivity index (χ3n) is 2.88. The SMILES string of the molecule is O=C(O)c1cc(Cl)c2nnc(-c3cc(Cl)ccc3I)n2c1. The van der Waals surface area contributed by atoms with Crippen LogP contribution in [0.1, 0.15) is 10.4 Å². The summed E-state index contributed by atoms with van der Waals surface area (Å²) in [5.41, 5.74) is 1.22. The fourth-order valence-corrected chi connectivity index (χ4v) is 2.92. The molecule has 0 aliphatic carbocycles. The number of carbonyl (C=O) groups is 1. The summed E-state index contributed by atoms with van der Waals surface area (Å²) in [5, 5.41) is 18.0. The van der Waals surface area contributed by atoms with Crippen LogP contribution in [0.5, 0.6) is 0 Å². The van der Waals surface area contributed by atoms with Gasteiger partial charge < -0.3 is 5.11 Å². The Morgan fingerprint density at radius 2 is 2.00 bits per heavy atom. The van der Waals surface area contributed by atoms with Gasteiger partial charge in [0.2, 0.25) is 0 Å². The highest BCUT2D eigenvalue weighted by Gasteiger charge is 2.16. The maximum Gasteiger partial charge on any atom is 0.337 e. The van der Waals surface area contributed by atoms with Crippen molar-refractivity contribution in [1.29, 1.82) is 0 Å². The third kappa shape index (κ3) is 2.58. The molecule has 0 aliphatic rings. The zero-order chi connectivity index (χ0) is 15.1. The Morgan fingerprint density at radius 1 is 1.24 bits per heavy atom. The van der Waals surface area contributed by atoms with Crippen LogP contribution in [0.4, 0.5) is 0 Å². The maximum absolute atomic E-state index is 11.2. The number of fused-ring (bicyclic) bond motifs is 1. The quantitative estimate of drug-likeness (QED) is 0.620. The van der Waals surface area contributed by atoms with Gasteiger partial charge in [-0.1, -0.05) is 23.2 Å². The van der Waals surface area contributed by atoms with Crippen LogP contribution < -0.4 is 0 Å². The molecule has 8 heteroatoms. The van der Waals surface area contributed by atoms with Gasteiger partial charge in [0.05, 0.1) is 10.6 Å². The van der Waals surface area contributed by atoms with Crippen molar-refractivity contribution in [2.45, 2.75) is 0 Å². The number of nitrogens with zero attached hydrogens (tertiary/aromatic N) is 3. The van der Waals surface area contributed by atoms with Crippen molar-refractivity contribution >= 4 is 57.4 Å². The number of halogens is 3. The second-order valence-corrected chi connectivity index (χ2v) is 6.23. The maximum atomic E-state index is 11.2. The van der Waals surface area contributed by atoms with Gasteiger partial charge in [0.1, 0.15) is 0 Å². The van der Waals surface area contributed by atoms with E-state index in [1.54, 1.807) is 16.5 Å². The van der Waals surface area contributed by atoms with E-state index in [9.17, 15) is 4.79 Å². The lowest BCUT2D eigenvalue weighted by molar-refractivity contribution is 0.0696. The van der Waals surface area contributed by atoms with Gasteiger partial charge in [-0.3, -0.25) is 4.40 Å². The first-order valence-corrected chi connectivity index (χ1v) is 7.54. The summed E-state index contributed by atoms with van der Waals surface area (Å²) in [4.78, 5) is 11.2. The molecule has 0 spiro atoms. The summed E-state index contributed by atoms with van der Waals surface area (Å²) in [6.07, 6.45) is 1.44. The molecule has 1 N–H and O–H groups in total. The molecule has 0 bridgehead atoms. The van der Waals surface area contributed by atoms with Crippen LogP contribution in [0.15, 0.2) is 30.5 Å². The Hall–Kier alpha value is -1.38. The summed E-state index contributed by atoms with van der Waals surface area (Å²) < 4.78 is 2.47. The topological polar surface area (TPSA) is 67.5 Å². The van der Waals surface area contributed by atoms with Gasteiger partial charge in [-0.2, -0.15) is 0 Å². The summed E-state index contributed by atoms with van der Waals surface area (Å²) in [7, 11) is 0. The molecule has 106 valence electrons. The molecule has 2 heterocycles. The van der Waals surface area contributed by atoms with E-state index in [0.29, 0.717) is 16.5 Å². The molecule has 0 unspecified atom stereocenters. The zero-order valence-electron chi connectivity index (χ0n) is 10.2. The van der Waals surface area contributed by atoms with E-state index in [1.807, 2.05) is 6.07 Å². The minimum absolute atomic E-state index is 0.0607. The number of carboxylic acid groups (broad SMARTS) is 1. The van der Waals surface area contributed by atoms with E-state index in [-0.39, 0.29) is 10.6 Å². The highest BCUT2D eigenvalue weighted by atomic mass is 127. The van der Waals surface area contributed by atoms with E-state index in [0.717, 1.165) is 9.13 Å². The molecule has 0 aliphatic heterocycles. The summed E-state index contributed by atoms with van der Waals surface area (Å²) >= 11 is 14.2. The van der Waals surface area contributed by atoms with Crippen LogP contribution in [0, 0.1) is 3.57 Å². The number of carboxylic acids is 1. The van der Waals surface area contributed by atoms with Gasteiger partial charge >= 0.3 is 5.97 Å². The first-order valence-electron chi connectivity index (χ1n) is 5.70. The van der Waals surface area contributed by atoms with Crippen molar-refractivity contribution in [2.75, 3.05) is 0 Å². The molecule has 21 heavy (non-hydrogen) atoms. The Bertz CT molecular complexity index is 879. The second kappa shape index (κ2) is 5.43. The molecule has 2 aromatic heterocycles. The number of hydrogen-bond donors (Lipinski definition) is 1. The van der Waals surface area contributed by atoms with Crippen LogP contribution in [0.25, 0.3) is 17.0 Å². The van der Waals surface area contributed by atoms with Gasteiger partial charge in [0, 0.05) is 20.4 Å². The lowest BCUT2D eigenvalue weighted by Crippen LogP contribution is -2.01. The fraction of sp³-hybridized carbons (Fsp3) is 0. The van der Waals surface area contributed by atoms with Gasteiger partial charge in [-0.05, 0) is 46.9 Å². The minimum atomic E-state index is -1.07. The Morgan fingerprint density at radius 3 is 2.71 bits per heavy atom. The summed E-state index contributed by atoms with van der Waals surface area (Å²) in [6.45, 7) is 0. The molecular weight excluding hydrogens is 428 g/mol. The fourth-order valence-electron chi connectivity index (χ4n) is 1.92. The minimum Gasteiger partial charge on any atom is -0.478 e. The largest absolute Gasteiger partial charge is 0.478 e. The van der Waals surface area contributed by atoms with Crippen LogP contribution in [0.2, 0.25) is 10.0 Å². The van der Waals surface area contributed by atoms with Crippen LogP contribution in [0.3, 0.4) is 0 Å². The second-order valence-electron chi connectivity index (χ2n) is 4.22. The van der Waals surface area contributed by atoms with Gasteiger partial charge in [0.25, 0.3) is 0 Å². The number of aromatic carboxylic acids is 1. The number of hydrogen-bond acceptors (Lipinski definition) is 3. The third-order valence-corrected chi connectivity index (χ3v) is 4.33. The molecule has 3 aromatic rings. The Balaban J connectivity index is 2.33. The Labute approximate surface area is 142 Å². The smallest absolute Gasteiger partial charge is 0.337 e. The lowest BCUT2D eigenvalue weighted by Gasteiger charge is -2.05. The first kappa shape index (κ1) is 14.6. The van der Waals surface area contributed by atoms with Crippen LogP contribution >= 0.6 is 45.8 Å². The number of aromatic nitrogens is 3. The monoisotopic (exact) mass is 433 g/mol. The molecular formula is C13H6Cl2IN3O2. The van der Waals surface area contributed by atoms with Crippen LogP contribution in [-0.4, -0.2) is 25.7 Å². The molecule has 0 radical (unpaired) electrons. The van der Waals surface area contributed by atoms with Crippen molar-refractivity contribution < 1.29 is 9.90 Å². The zero-order valence-corrected chi connectivity index (χ0v) is 13.9. The average molecular weight is 434 g/mol. The summed E-state index contributed by atoms with van der Waals surface area (Å²) in [6, 6.07) is 6.72. The highest BCUT2D eigenvalue weighted by Crippen LogP contribution is 2.29. The van der Waals surface area contributed by atoms with E-state index in [1.165, 1.54) is 12.3 Å². The summed E-state index contributed by atoms with van der Waals surface area (Å²) in [5.74, 6) is -0.582. The normalized spacial score (nSPS) is 11.0. The van der Waals surface area contributed by atoms with E-state index in [2.05, 4.69) is 32.8 Å². The molecule has 0 saturated heterocycles. The predicted octanol–water partition coefficient (Wildman–Crippen LogP) is 4.01. The van der Waals surface area contributed by atoms with Crippen molar-refractivity contribution in [3.8, 4) is 11.4 Å². The Kier molecular flexibility index (Phi) is 3.76. The first-order chi connectivity index (χ1) is 9.97. The molecule has 5 nitrogen and oxygen atoms in total. The van der Waals surface area contributed by atoms with Gasteiger partial charge in [-0.15, -0.1) is 10.2 Å². The molecule has 0 fully saturated rings. The number of benzene rings is 1. The van der Waals surface area contributed by atoms with Crippen molar-refractivity contribution in [3.05, 3.63) is 49.6 Å². The average Bonchev–Trinajstić information content (AvgIpc) is 2.85. The highest BCUT2D eigenvalue weighted by molar-refractivity contribution is 14.1. The molecule has 1 aromatic carbocycles. The molecule has 0 atom stereocenters. The van der Waals surface area contributed by atoms with E-state index >= 15 is 0 Å². The number of pyridine rings is 1. The van der Waals surface area contributed by atoms with Gasteiger partial charge in [0.15, 0.2) is 11.5 Å². The van der Waals surface area contributed by atoms with E-state index < -0.39 is 5.97 Å². The molecule has 0 amide bonds. The standard InChI is InChI=1S/C13H6Cl2IN3O2/c14-7-1-2-10(16)8(4-7)11-17-18-12-9(15)3-6(13(20)21)5-19(11)12/h1-5H,(H,20,21). The predicted molar refractivity (Wildman–Crippen MR) is 88.1 cm³/mol. The molecule has 3 rings (SSSR count). The van der Waals surface area contributed by atoms with Gasteiger partial charge in [-0.25, -0.2) is 4.79 Å². The van der Waals surface area contributed by atoms with Crippen molar-refractivity contribution in [2.24, 2.45) is 0 Å². The van der Waals surface area contributed by atoms with Crippen LogP contribution in [-0.2, 0) is 0 Å². The van der Waals surface area contributed by atoms with Crippen molar-refractivity contribution in [1.82, 2.24) is 14.6 Å². The number of rotatable bonds is 2. The van der Waals surface area contributed by atoms with Crippen molar-refractivity contribution in [3.63, 3.8) is 0 Å². The van der Waals surface area contributed by atoms with E-state index in [4.69, 9.17) is 28.3 Å². The molecule has 0 saturated carbocycles.